The smallest absolute Gasteiger partial charge is 0.269 e. The number of nitrogens with one attached hydrogen (secondary N) is 1. The fourth-order valence-corrected chi connectivity index (χ4v) is 2.22. The minimum Gasteiger partial charge on any atom is -0.351 e. The molecule has 20 heavy (non-hydrogen) atoms. The Morgan fingerprint density at radius 2 is 1.90 bits per heavy atom. The zero-order valence-corrected chi connectivity index (χ0v) is 12.8. The Balaban J connectivity index is 2.13. The summed E-state index contributed by atoms with van der Waals surface area (Å²) >= 11 is 0. The van der Waals surface area contributed by atoms with Gasteiger partial charge in [0.15, 0.2) is 0 Å². The van der Waals surface area contributed by atoms with Crippen LogP contribution < -0.4 is 5.32 Å². The molecule has 112 valence electrons. The van der Waals surface area contributed by atoms with Gasteiger partial charge in [-0.15, -0.1) is 0 Å². The quantitative estimate of drug-likeness (QED) is 0.669. The van der Waals surface area contributed by atoms with Crippen molar-refractivity contribution >= 4 is 5.91 Å². The molecule has 0 bridgehead atoms. The van der Waals surface area contributed by atoms with Crippen molar-refractivity contribution in [2.75, 3.05) is 26.2 Å². The standard InChI is InChI=1S/C16H27N3O/c1-3-12-19(13-4-2)14-8-7-11-18-16(20)15-9-5-6-10-17-15/h5-6,9-10H,3-4,7-8,11-14H2,1-2H3,(H,18,20). The highest BCUT2D eigenvalue weighted by atomic mass is 16.1. The predicted molar refractivity (Wildman–Crippen MR) is 82.8 cm³/mol. The molecular weight excluding hydrogens is 250 g/mol. The Kier molecular flexibility index (Phi) is 8.63. The van der Waals surface area contributed by atoms with Crippen LogP contribution in [0, 0.1) is 0 Å². The number of aromatic nitrogens is 1. The fraction of sp³-hybridized carbons (Fsp3) is 0.625. The molecule has 0 aromatic carbocycles. The molecule has 0 saturated heterocycles. The molecule has 0 fully saturated rings. The zero-order valence-electron chi connectivity index (χ0n) is 12.8. The zero-order chi connectivity index (χ0) is 14.6. The van der Waals surface area contributed by atoms with Gasteiger partial charge in [0, 0.05) is 12.7 Å². The van der Waals surface area contributed by atoms with Crippen LogP contribution in [0.1, 0.15) is 50.0 Å². The first-order valence-corrected chi connectivity index (χ1v) is 7.69. The average molecular weight is 277 g/mol. The monoisotopic (exact) mass is 277 g/mol. The molecule has 1 N–H and O–H groups in total. The largest absolute Gasteiger partial charge is 0.351 e. The normalized spacial score (nSPS) is 10.8. The van der Waals surface area contributed by atoms with Gasteiger partial charge in [0.2, 0.25) is 0 Å². The van der Waals surface area contributed by atoms with Crippen molar-refractivity contribution in [2.24, 2.45) is 0 Å². The van der Waals surface area contributed by atoms with Crippen molar-refractivity contribution in [1.29, 1.82) is 0 Å². The molecule has 1 rings (SSSR count). The molecule has 0 aliphatic carbocycles. The van der Waals surface area contributed by atoms with Gasteiger partial charge in [0.1, 0.15) is 5.69 Å². The van der Waals surface area contributed by atoms with Gasteiger partial charge in [0.05, 0.1) is 0 Å². The number of unbranched alkanes of at least 4 members (excludes halogenated alkanes) is 1. The number of pyridine rings is 1. The van der Waals surface area contributed by atoms with Crippen LogP contribution in [0.15, 0.2) is 24.4 Å². The Morgan fingerprint density at radius 1 is 1.15 bits per heavy atom. The second-order valence-electron chi connectivity index (χ2n) is 5.02. The summed E-state index contributed by atoms with van der Waals surface area (Å²) in [5.74, 6) is -0.0791. The highest BCUT2D eigenvalue weighted by molar-refractivity contribution is 5.92. The van der Waals surface area contributed by atoms with Crippen molar-refractivity contribution in [2.45, 2.75) is 39.5 Å². The molecule has 0 spiro atoms. The molecule has 0 atom stereocenters. The summed E-state index contributed by atoms with van der Waals surface area (Å²) < 4.78 is 0. The molecule has 1 aromatic rings. The van der Waals surface area contributed by atoms with E-state index in [1.807, 2.05) is 12.1 Å². The first kappa shape index (κ1) is 16.6. The second kappa shape index (κ2) is 10.4. The molecule has 1 heterocycles. The summed E-state index contributed by atoms with van der Waals surface area (Å²) in [6.45, 7) is 8.64. The summed E-state index contributed by atoms with van der Waals surface area (Å²) in [6, 6.07) is 5.38. The number of amides is 1. The average Bonchev–Trinajstić information content (AvgIpc) is 2.48. The van der Waals surface area contributed by atoms with E-state index in [2.05, 4.69) is 29.0 Å². The van der Waals surface area contributed by atoms with Crippen molar-refractivity contribution in [3.05, 3.63) is 30.1 Å². The highest BCUT2D eigenvalue weighted by Crippen LogP contribution is 1.99. The van der Waals surface area contributed by atoms with Crippen LogP contribution in [-0.2, 0) is 0 Å². The molecule has 1 aromatic heterocycles. The second-order valence-corrected chi connectivity index (χ2v) is 5.02. The summed E-state index contributed by atoms with van der Waals surface area (Å²) in [5, 5.41) is 2.92. The molecule has 4 nitrogen and oxygen atoms in total. The van der Waals surface area contributed by atoms with E-state index in [4.69, 9.17) is 0 Å². The summed E-state index contributed by atoms with van der Waals surface area (Å²) in [7, 11) is 0. The van der Waals surface area contributed by atoms with Gasteiger partial charge in [-0.1, -0.05) is 19.9 Å². The Morgan fingerprint density at radius 3 is 2.50 bits per heavy atom. The van der Waals surface area contributed by atoms with Crippen LogP contribution in [0.25, 0.3) is 0 Å². The minimum atomic E-state index is -0.0791. The molecular formula is C16H27N3O. The van der Waals surface area contributed by atoms with Gasteiger partial charge in [-0.25, -0.2) is 0 Å². The van der Waals surface area contributed by atoms with Gasteiger partial charge < -0.3 is 10.2 Å². The number of carbonyl (C=O) groups is 1. The van der Waals surface area contributed by atoms with Gasteiger partial charge in [-0.2, -0.15) is 0 Å². The molecule has 0 aliphatic heterocycles. The molecule has 0 radical (unpaired) electrons. The third-order valence-electron chi connectivity index (χ3n) is 3.16. The van der Waals surface area contributed by atoms with E-state index in [0.717, 1.165) is 25.9 Å². The van der Waals surface area contributed by atoms with Gasteiger partial charge in [-0.3, -0.25) is 9.78 Å². The van der Waals surface area contributed by atoms with E-state index >= 15 is 0 Å². The van der Waals surface area contributed by atoms with E-state index in [-0.39, 0.29) is 5.91 Å². The molecule has 0 aliphatic rings. The van der Waals surface area contributed by atoms with E-state index in [1.165, 1.54) is 25.9 Å². The van der Waals surface area contributed by atoms with Crippen LogP contribution in [0.5, 0.6) is 0 Å². The van der Waals surface area contributed by atoms with Crippen LogP contribution in [0.2, 0.25) is 0 Å². The molecule has 0 saturated carbocycles. The molecule has 4 heteroatoms. The number of rotatable bonds is 10. The Hall–Kier alpha value is -1.42. The van der Waals surface area contributed by atoms with Crippen molar-refractivity contribution in [3.63, 3.8) is 0 Å². The van der Waals surface area contributed by atoms with Crippen LogP contribution in [-0.4, -0.2) is 42.0 Å². The minimum absolute atomic E-state index is 0.0791. The number of carbonyl (C=O) groups excluding carboxylic acids is 1. The number of hydrogen-bond donors (Lipinski definition) is 1. The highest BCUT2D eigenvalue weighted by Gasteiger charge is 2.05. The van der Waals surface area contributed by atoms with E-state index in [1.54, 1.807) is 12.3 Å². The van der Waals surface area contributed by atoms with Crippen LogP contribution in [0.3, 0.4) is 0 Å². The van der Waals surface area contributed by atoms with Crippen molar-refractivity contribution in [1.82, 2.24) is 15.2 Å². The molecule has 1 amide bonds. The van der Waals surface area contributed by atoms with Crippen LogP contribution >= 0.6 is 0 Å². The van der Waals surface area contributed by atoms with Gasteiger partial charge >= 0.3 is 0 Å². The maximum absolute atomic E-state index is 11.8. The third kappa shape index (κ3) is 6.66. The molecule has 0 unspecified atom stereocenters. The Bertz CT molecular complexity index is 361. The van der Waals surface area contributed by atoms with Gasteiger partial charge in [-0.05, 0) is 57.5 Å². The van der Waals surface area contributed by atoms with Gasteiger partial charge in [0.25, 0.3) is 5.91 Å². The summed E-state index contributed by atoms with van der Waals surface area (Å²) in [4.78, 5) is 18.3. The lowest BCUT2D eigenvalue weighted by Crippen LogP contribution is -2.28. The summed E-state index contributed by atoms with van der Waals surface area (Å²) in [5.41, 5.74) is 0.492. The van der Waals surface area contributed by atoms with E-state index < -0.39 is 0 Å². The lowest BCUT2D eigenvalue weighted by molar-refractivity contribution is 0.0947. The number of hydrogen-bond acceptors (Lipinski definition) is 3. The Labute approximate surface area is 122 Å². The maximum atomic E-state index is 11.8. The van der Waals surface area contributed by atoms with Crippen molar-refractivity contribution < 1.29 is 4.79 Å². The van der Waals surface area contributed by atoms with E-state index in [9.17, 15) is 4.79 Å². The summed E-state index contributed by atoms with van der Waals surface area (Å²) in [6.07, 6.45) is 6.19. The first-order chi connectivity index (χ1) is 9.77. The third-order valence-corrected chi connectivity index (χ3v) is 3.16. The predicted octanol–water partition coefficient (Wildman–Crippen LogP) is 2.71. The first-order valence-electron chi connectivity index (χ1n) is 7.69. The number of nitrogens with zero attached hydrogens (tertiary/aromatic N) is 2. The van der Waals surface area contributed by atoms with E-state index in [0.29, 0.717) is 5.69 Å². The lowest BCUT2D eigenvalue weighted by atomic mass is 10.2. The fourth-order valence-electron chi connectivity index (χ4n) is 2.22. The SMILES string of the molecule is CCCN(CCC)CCCCNC(=O)c1ccccn1. The lowest BCUT2D eigenvalue weighted by Gasteiger charge is -2.20. The maximum Gasteiger partial charge on any atom is 0.269 e. The van der Waals surface area contributed by atoms with Crippen LogP contribution in [0.4, 0.5) is 0 Å². The topological polar surface area (TPSA) is 45.2 Å². The van der Waals surface area contributed by atoms with Crippen molar-refractivity contribution in [3.8, 4) is 0 Å².